The zero-order chi connectivity index (χ0) is 9.61. The highest BCUT2D eigenvalue weighted by Gasteiger charge is 2.12. The van der Waals surface area contributed by atoms with Gasteiger partial charge in [-0.1, -0.05) is 26.3 Å². The van der Waals surface area contributed by atoms with E-state index in [1.807, 2.05) is 0 Å². The molecule has 0 amide bonds. The van der Waals surface area contributed by atoms with Crippen LogP contribution < -0.4 is 0 Å². The van der Waals surface area contributed by atoms with Gasteiger partial charge in [0.25, 0.3) is 0 Å². The molecule has 0 aromatic heterocycles. The smallest absolute Gasteiger partial charge is 0.169 e. The Morgan fingerprint density at radius 2 is 1.92 bits per heavy atom. The number of rotatable bonds is 6. The summed E-state index contributed by atoms with van der Waals surface area (Å²) in [6, 6.07) is 2.54. The number of hydrogen-bond acceptors (Lipinski definition) is 1. The lowest BCUT2D eigenvalue weighted by atomic mass is 10.2. The lowest BCUT2D eigenvalue weighted by Gasteiger charge is -2.17. The van der Waals surface area contributed by atoms with Crippen molar-refractivity contribution in [3.05, 3.63) is 6.04 Å². The van der Waals surface area contributed by atoms with Crippen LogP contribution in [0, 0.1) is 12.0 Å². The Morgan fingerprint density at radius 1 is 1.33 bits per heavy atom. The van der Waals surface area contributed by atoms with Crippen LogP contribution in [0.2, 0.25) is 19.6 Å². The fourth-order valence-electron chi connectivity index (χ4n) is 0.900. The Kier molecular flexibility index (Phi) is 6.44. The third kappa shape index (κ3) is 10.6. The van der Waals surface area contributed by atoms with E-state index in [9.17, 15) is 0 Å². The molecule has 0 aromatic carbocycles. The van der Waals surface area contributed by atoms with Crippen LogP contribution in [0.25, 0.3) is 0 Å². The second-order valence-electron chi connectivity index (χ2n) is 4.67. The first-order chi connectivity index (χ1) is 5.42. The third-order valence-electron chi connectivity index (χ3n) is 1.50. The van der Waals surface area contributed by atoms with Crippen molar-refractivity contribution in [1.29, 1.82) is 0 Å². The SMILES string of the molecule is CC(C)C[CH][SiH2][SiH2]O[Si](C)(C)C. The van der Waals surface area contributed by atoms with Crippen LogP contribution in [0.15, 0.2) is 0 Å². The van der Waals surface area contributed by atoms with Gasteiger partial charge in [-0.05, 0) is 25.6 Å². The standard InChI is InChI=1S/C8H23OSi3/c1-8(2)6-7-10-11-9-12(3,4)5/h7-8H,6,10-11H2,1-5H3. The highest BCUT2D eigenvalue weighted by molar-refractivity contribution is 7.02. The van der Waals surface area contributed by atoms with E-state index in [4.69, 9.17) is 4.12 Å². The average Bonchev–Trinajstić information content (AvgIpc) is 1.83. The van der Waals surface area contributed by atoms with E-state index in [-0.39, 0.29) is 18.3 Å². The molecule has 0 aliphatic carbocycles. The third-order valence-corrected chi connectivity index (χ3v) is 10.5. The van der Waals surface area contributed by atoms with Crippen molar-refractivity contribution in [2.24, 2.45) is 5.92 Å². The Morgan fingerprint density at radius 3 is 2.33 bits per heavy atom. The average molecular weight is 220 g/mol. The molecule has 1 nitrogen and oxygen atoms in total. The molecule has 0 saturated carbocycles. The zero-order valence-corrected chi connectivity index (χ0v) is 13.0. The van der Waals surface area contributed by atoms with Crippen LogP contribution in [0.4, 0.5) is 0 Å². The largest absolute Gasteiger partial charge is 0.464 e. The molecule has 73 valence electrons. The lowest BCUT2D eigenvalue weighted by Crippen LogP contribution is -2.30. The van der Waals surface area contributed by atoms with Gasteiger partial charge in [0.05, 0.1) is 0 Å². The fraction of sp³-hybridized carbons (Fsp3) is 0.875. The van der Waals surface area contributed by atoms with Gasteiger partial charge in [-0.3, -0.25) is 0 Å². The van der Waals surface area contributed by atoms with Gasteiger partial charge in [0.15, 0.2) is 8.32 Å². The summed E-state index contributed by atoms with van der Waals surface area (Å²) in [7, 11) is -1.13. The zero-order valence-electron chi connectivity index (χ0n) is 9.18. The Labute approximate surface area is 83.0 Å². The molecule has 0 rings (SSSR count). The van der Waals surface area contributed by atoms with Gasteiger partial charge >= 0.3 is 0 Å². The van der Waals surface area contributed by atoms with Crippen molar-refractivity contribution >= 4 is 26.6 Å². The van der Waals surface area contributed by atoms with Crippen LogP contribution in [0.3, 0.4) is 0 Å². The molecule has 0 fully saturated rings. The summed E-state index contributed by atoms with van der Waals surface area (Å²) in [5.74, 6) is 0.846. The van der Waals surface area contributed by atoms with Gasteiger partial charge in [-0.2, -0.15) is 0 Å². The molecular formula is C8H23OSi3. The normalized spacial score (nSPS) is 14.5. The van der Waals surface area contributed by atoms with Gasteiger partial charge in [0, 0.05) is 9.04 Å². The van der Waals surface area contributed by atoms with Crippen LogP contribution in [-0.2, 0) is 4.12 Å². The molecule has 0 saturated heterocycles. The number of hydrogen-bond donors (Lipinski definition) is 0. The van der Waals surface area contributed by atoms with Gasteiger partial charge < -0.3 is 4.12 Å². The molecule has 4 heteroatoms. The van der Waals surface area contributed by atoms with Gasteiger partial charge in [-0.15, -0.1) is 0 Å². The topological polar surface area (TPSA) is 9.23 Å². The first-order valence-corrected chi connectivity index (χ1v) is 13.7. The molecule has 1 radical (unpaired) electrons. The van der Waals surface area contributed by atoms with Crippen LogP contribution in [-0.4, -0.2) is 26.6 Å². The summed E-state index contributed by atoms with van der Waals surface area (Å²) < 4.78 is 5.92. The minimum atomic E-state index is -1.16. The van der Waals surface area contributed by atoms with Crippen molar-refractivity contribution in [2.75, 3.05) is 0 Å². The minimum absolute atomic E-state index is 0.0908. The summed E-state index contributed by atoms with van der Waals surface area (Å²) in [6.45, 7) is 11.4. The van der Waals surface area contributed by atoms with Crippen molar-refractivity contribution in [1.82, 2.24) is 0 Å². The first-order valence-electron chi connectivity index (χ1n) is 4.87. The maximum atomic E-state index is 5.92. The maximum absolute atomic E-state index is 5.92. The van der Waals surface area contributed by atoms with Crippen LogP contribution in [0.5, 0.6) is 0 Å². The molecule has 0 heterocycles. The van der Waals surface area contributed by atoms with Gasteiger partial charge in [-0.25, -0.2) is 0 Å². The van der Waals surface area contributed by atoms with E-state index in [1.165, 1.54) is 6.42 Å². The highest BCUT2D eigenvalue weighted by Crippen LogP contribution is 2.02. The summed E-state index contributed by atoms with van der Waals surface area (Å²) in [4.78, 5) is 0. The summed E-state index contributed by atoms with van der Waals surface area (Å²) >= 11 is 0. The predicted molar refractivity (Wildman–Crippen MR) is 65.3 cm³/mol. The Hall–Kier alpha value is 0.611. The minimum Gasteiger partial charge on any atom is -0.464 e. The van der Waals surface area contributed by atoms with Crippen molar-refractivity contribution in [2.45, 2.75) is 39.9 Å². The van der Waals surface area contributed by atoms with Crippen molar-refractivity contribution < 1.29 is 4.12 Å². The molecule has 0 N–H and O–H groups in total. The predicted octanol–water partition coefficient (Wildman–Crippen LogP) is 1.21. The highest BCUT2D eigenvalue weighted by atomic mass is 29.2. The van der Waals surface area contributed by atoms with Crippen LogP contribution >= 0.6 is 0 Å². The molecule has 12 heavy (non-hydrogen) atoms. The lowest BCUT2D eigenvalue weighted by molar-refractivity contribution is 0.612. The van der Waals surface area contributed by atoms with E-state index in [2.05, 4.69) is 39.5 Å². The summed E-state index contributed by atoms with van der Waals surface area (Å²) in [5, 5.41) is 0. The summed E-state index contributed by atoms with van der Waals surface area (Å²) in [6.07, 6.45) is 1.31. The maximum Gasteiger partial charge on any atom is 0.169 e. The van der Waals surface area contributed by atoms with Crippen LogP contribution in [0.1, 0.15) is 20.3 Å². The molecule has 0 unspecified atom stereocenters. The quantitative estimate of drug-likeness (QED) is 0.482. The van der Waals surface area contributed by atoms with Gasteiger partial charge in [0.1, 0.15) is 9.28 Å². The summed E-state index contributed by atoms with van der Waals surface area (Å²) in [5.41, 5.74) is 0. The Balaban J connectivity index is 3.12. The van der Waals surface area contributed by atoms with Crippen molar-refractivity contribution in [3.8, 4) is 0 Å². The van der Waals surface area contributed by atoms with E-state index in [0.29, 0.717) is 0 Å². The van der Waals surface area contributed by atoms with E-state index < -0.39 is 8.32 Å². The van der Waals surface area contributed by atoms with Crippen molar-refractivity contribution in [3.63, 3.8) is 0 Å². The van der Waals surface area contributed by atoms with E-state index in [0.717, 1.165) is 5.92 Å². The van der Waals surface area contributed by atoms with E-state index >= 15 is 0 Å². The fourth-order valence-corrected chi connectivity index (χ4v) is 12.7. The van der Waals surface area contributed by atoms with E-state index in [1.54, 1.807) is 0 Å². The van der Waals surface area contributed by atoms with Gasteiger partial charge in [0.2, 0.25) is 0 Å². The molecule has 0 aliphatic heterocycles. The first kappa shape index (κ1) is 12.6. The Bertz CT molecular complexity index is 109. The molecule has 0 spiro atoms. The molecule has 0 bridgehead atoms. The molecule has 0 atom stereocenters. The monoisotopic (exact) mass is 219 g/mol. The molecule has 0 aliphatic rings. The molecule has 0 aromatic rings. The second kappa shape index (κ2) is 6.12. The second-order valence-corrected chi connectivity index (χ2v) is 14.6. The molecular weight excluding hydrogens is 196 g/mol.